The van der Waals surface area contributed by atoms with Gasteiger partial charge in [0.1, 0.15) is 10.7 Å². The van der Waals surface area contributed by atoms with Crippen LogP contribution < -0.4 is 0 Å². The van der Waals surface area contributed by atoms with Crippen LogP contribution in [0.3, 0.4) is 0 Å². The molecule has 0 radical (unpaired) electrons. The van der Waals surface area contributed by atoms with Gasteiger partial charge in [-0.25, -0.2) is 0 Å². The second-order valence-corrected chi connectivity index (χ2v) is 4.51. The molecule has 0 atom stereocenters. The summed E-state index contributed by atoms with van der Waals surface area (Å²) in [6.07, 6.45) is -2.95. The first-order chi connectivity index (χ1) is 8.32. The Labute approximate surface area is 106 Å². The summed E-state index contributed by atoms with van der Waals surface area (Å²) in [5.74, 6) is -0.497. The van der Waals surface area contributed by atoms with E-state index in [2.05, 4.69) is 5.10 Å². The van der Waals surface area contributed by atoms with Crippen molar-refractivity contribution in [2.75, 3.05) is 13.1 Å². The Kier molecular flexibility index (Phi) is 3.27. The molecule has 2 rings (SSSR count). The number of rotatable bonds is 1. The van der Waals surface area contributed by atoms with E-state index < -0.39 is 22.8 Å². The Bertz CT molecular complexity index is 477. The number of nitrogens with zero attached hydrogens (tertiary/aromatic N) is 3. The Morgan fingerprint density at radius 2 is 1.89 bits per heavy atom. The number of halogens is 4. The molecule has 0 saturated carbocycles. The smallest absolute Gasteiger partial charge is 0.337 e. The molecule has 0 aliphatic carbocycles. The molecule has 0 spiro atoms. The molecule has 1 aliphatic heterocycles. The maximum Gasteiger partial charge on any atom is 0.436 e. The fourth-order valence-corrected chi connectivity index (χ4v) is 2.33. The van der Waals surface area contributed by atoms with E-state index >= 15 is 0 Å². The van der Waals surface area contributed by atoms with E-state index in [0.29, 0.717) is 13.1 Å². The molecule has 4 nitrogen and oxygen atoms in total. The lowest BCUT2D eigenvalue weighted by atomic mass is 10.3. The van der Waals surface area contributed by atoms with Crippen LogP contribution in [0.1, 0.15) is 29.0 Å². The normalized spacial score (nSPS) is 16.4. The van der Waals surface area contributed by atoms with Crippen LogP contribution >= 0.6 is 11.6 Å². The van der Waals surface area contributed by atoms with Crippen LogP contribution in [0.25, 0.3) is 0 Å². The summed E-state index contributed by atoms with van der Waals surface area (Å²) >= 11 is 5.64. The summed E-state index contributed by atoms with van der Waals surface area (Å²) in [7, 11) is 1.28. The van der Waals surface area contributed by atoms with Crippen molar-refractivity contribution in [2.45, 2.75) is 19.0 Å². The van der Waals surface area contributed by atoms with Gasteiger partial charge in [-0.15, -0.1) is 0 Å². The molecule has 2 heterocycles. The summed E-state index contributed by atoms with van der Waals surface area (Å²) in [4.78, 5) is 13.5. The summed E-state index contributed by atoms with van der Waals surface area (Å²) in [6.45, 7) is 1.09. The minimum atomic E-state index is -4.65. The SMILES string of the molecule is Cn1nc(C(F)(F)F)c(Cl)c1C(=O)N1CCCC1. The molecule has 1 fully saturated rings. The fraction of sp³-hybridized carbons (Fsp3) is 0.600. The first kappa shape index (κ1) is 13.2. The van der Waals surface area contributed by atoms with Gasteiger partial charge in [0, 0.05) is 20.1 Å². The van der Waals surface area contributed by atoms with E-state index in [4.69, 9.17) is 11.6 Å². The summed E-state index contributed by atoms with van der Waals surface area (Å²) in [5, 5.41) is 2.66. The minimum absolute atomic E-state index is 0.203. The lowest BCUT2D eigenvalue weighted by molar-refractivity contribution is -0.141. The highest BCUT2D eigenvalue weighted by atomic mass is 35.5. The predicted octanol–water partition coefficient (Wildman–Crippen LogP) is 2.33. The minimum Gasteiger partial charge on any atom is -0.337 e. The van der Waals surface area contributed by atoms with Crippen LogP contribution in [0.4, 0.5) is 13.2 Å². The quantitative estimate of drug-likeness (QED) is 0.792. The van der Waals surface area contributed by atoms with Gasteiger partial charge < -0.3 is 4.90 Å². The van der Waals surface area contributed by atoms with Crippen LogP contribution in [0.15, 0.2) is 0 Å². The van der Waals surface area contributed by atoms with E-state index in [1.54, 1.807) is 0 Å². The second-order valence-electron chi connectivity index (χ2n) is 4.13. The number of hydrogen-bond donors (Lipinski definition) is 0. The van der Waals surface area contributed by atoms with Gasteiger partial charge in [-0.3, -0.25) is 9.48 Å². The highest BCUT2D eigenvalue weighted by Crippen LogP contribution is 2.35. The zero-order valence-electron chi connectivity index (χ0n) is 9.59. The van der Waals surface area contributed by atoms with Crippen molar-refractivity contribution >= 4 is 17.5 Å². The Morgan fingerprint density at radius 1 is 1.33 bits per heavy atom. The number of carbonyl (C=O) groups excluding carboxylic acids is 1. The van der Waals surface area contributed by atoms with Gasteiger partial charge in [0.05, 0.1) is 0 Å². The van der Waals surface area contributed by atoms with Crippen LogP contribution in [0.5, 0.6) is 0 Å². The van der Waals surface area contributed by atoms with E-state index in [9.17, 15) is 18.0 Å². The van der Waals surface area contributed by atoms with E-state index in [-0.39, 0.29) is 5.69 Å². The Morgan fingerprint density at radius 3 is 2.33 bits per heavy atom. The second kappa shape index (κ2) is 4.46. The number of alkyl halides is 3. The summed E-state index contributed by atoms with van der Waals surface area (Å²) in [5.41, 5.74) is -1.42. The molecule has 0 N–H and O–H groups in total. The molecule has 0 bridgehead atoms. The zero-order valence-corrected chi connectivity index (χ0v) is 10.3. The average Bonchev–Trinajstić information content (AvgIpc) is 2.85. The standard InChI is InChI=1S/C10H11ClF3N3O/c1-16-7(9(18)17-4-2-3-5-17)6(11)8(15-16)10(12,13)14/h2-5H2,1H3. The van der Waals surface area contributed by atoms with Crippen molar-refractivity contribution in [1.29, 1.82) is 0 Å². The number of hydrogen-bond acceptors (Lipinski definition) is 2. The number of likely N-dealkylation sites (tertiary alicyclic amines) is 1. The van der Waals surface area contributed by atoms with Crippen molar-refractivity contribution in [3.05, 3.63) is 16.4 Å². The van der Waals surface area contributed by atoms with Crippen LogP contribution in [0, 0.1) is 0 Å². The fourth-order valence-electron chi connectivity index (χ4n) is 1.98. The number of aryl methyl sites for hydroxylation is 1. The van der Waals surface area contributed by atoms with Crippen LogP contribution in [-0.2, 0) is 13.2 Å². The summed E-state index contributed by atoms with van der Waals surface area (Å²) in [6, 6.07) is 0. The average molecular weight is 282 g/mol. The first-order valence-electron chi connectivity index (χ1n) is 5.41. The lowest BCUT2D eigenvalue weighted by Crippen LogP contribution is -2.29. The molecule has 1 aromatic heterocycles. The topological polar surface area (TPSA) is 38.1 Å². The third-order valence-electron chi connectivity index (χ3n) is 2.85. The molecule has 1 saturated heterocycles. The number of aromatic nitrogens is 2. The van der Waals surface area contributed by atoms with Crippen LogP contribution in [0.2, 0.25) is 5.02 Å². The first-order valence-corrected chi connectivity index (χ1v) is 5.79. The Hall–Kier alpha value is -1.24. The van der Waals surface area contributed by atoms with Crippen molar-refractivity contribution in [3.63, 3.8) is 0 Å². The van der Waals surface area contributed by atoms with Gasteiger partial charge in [-0.2, -0.15) is 18.3 Å². The molecule has 18 heavy (non-hydrogen) atoms. The maximum atomic E-state index is 12.6. The highest BCUT2D eigenvalue weighted by molar-refractivity contribution is 6.34. The molecule has 0 unspecified atom stereocenters. The van der Waals surface area contributed by atoms with Gasteiger partial charge in [-0.1, -0.05) is 11.6 Å². The van der Waals surface area contributed by atoms with Crippen molar-refractivity contribution < 1.29 is 18.0 Å². The third kappa shape index (κ3) is 2.19. The molecule has 1 aromatic rings. The summed E-state index contributed by atoms with van der Waals surface area (Å²) < 4.78 is 38.7. The number of carbonyl (C=O) groups is 1. The molecular weight excluding hydrogens is 271 g/mol. The molecule has 8 heteroatoms. The lowest BCUT2D eigenvalue weighted by Gasteiger charge is -2.15. The van der Waals surface area contributed by atoms with E-state index in [1.165, 1.54) is 11.9 Å². The third-order valence-corrected chi connectivity index (χ3v) is 3.21. The van der Waals surface area contributed by atoms with Gasteiger partial charge in [0.25, 0.3) is 5.91 Å². The maximum absolute atomic E-state index is 12.6. The molecule has 1 amide bonds. The van der Waals surface area contributed by atoms with Gasteiger partial charge in [-0.05, 0) is 12.8 Å². The Balaban J connectivity index is 2.39. The van der Waals surface area contributed by atoms with Crippen molar-refractivity contribution in [2.24, 2.45) is 7.05 Å². The van der Waals surface area contributed by atoms with Gasteiger partial charge in [0.15, 0.2) is 5.69 Å². The van der Waals surface area contributed by atoms with Gasteiger partial charge >= 0.3 is 6.18 Å². The monoisotopic (exact) mass is 281 g/mol. The zero-order chi connectivity index (χ0) is 13.5. The highest BCUT2D eigenvalue weighted by Gasteiger charge is 2.40. The van der Waals surface area contributed by atoms with Crippen molar-refractivity contribution in [1.82, 2.24) is 14.7 Å². The van der Waals surface area contributed by atoms with Gasteiger partial charge in [0.2, 0.25) is 0 Å². The predicted molar refractivity (Wildman–Crippen MR) is 58.4 cm³/mol. The van der Waals surface area contributed by atoms with E-state index in [0.717, 1.165) is 17.5 Å². The molecule has 100 valence electrons. The van der Waals surface area contributed by atoms with E-state index in [1.807, 2.05) is 0 Å². The largest absolute Gasteiger partial charge is 0.436 e. The molecular formula is C10H11ClF3N3O. The van der Waals surface area contributed by atoms with Crippen LogP contribution in [-0.4, -0.2) is 33.7 Å². The molecule has 0 aromatic carbocycles. The van der Waals surface area contributed by atoms with Crippen molar-refractivity contribution in [3.8, 4) is 0 Å². The molecule has 1 aliphatic rings. The number of amides is 1.